The molecule has 0 aromatic heterocycles. The van der Waals surface area contributed by atoms with Crippen LogP contribution in [0.5, 0.6) is 0 Å². The lowest BCUT2D eigenvalue weighted by Gasteiger charge is -2.14. The van der Waals surface area contributed by atoms with Crippen LogP contribution in [0, 0.1) is 6.92 Å². The smallest absolute Gasteiger partial charge is 0.160 e. The van der Waals surface area contributed by atoms with Gasteiger partial charge >= 0.3 is 0 Å². The standard InChI is InChI=1S/C11H16O2/c1-9-6-4-5-7-10(9)8-11(12-2)13-3/h4-7,11H,8H2,1-3H3. The molecule has 0 saturated heterocycles. The molecule has 0 radical (unpaired) electrons. The van der Waals surface area contributed by atoms with Crippen LogP contribution in [0.4, 0.5) is 0 Å². The Bertz CT molecular complexity index is 254. The number of benzene rings is 1. The quantitative estimate of drug-likeness (QED) is 0.661. The first-order valence-corrected chi connectivity index (χ1v) is 4.38. The van der Waals surface area contributed by atoms with Crippen molar-refractivity contribution in [1.82, 2.24) is 0 Å². The summed E-state index contributed by atoms with van der Waals surface area (Å²) in [5.74, 6) is 0. The van der Waals surface area contributed by atoms with Gasteiger partial charge in [-0.3, -0.25) is 0 Å². The highest BCUT2D eigenvalue weighted by Gasteiger charge is 2.07. The van der Waals surface area contributed by atoms with E-state index in [1.165, 1.54) is 11.1 Å². The van der Waals surface area contributed by atoms with Crippen molar-refractivity contribution in [3.8, 4) is 0 Å². The fourth-order valence-electron chi connectivity index (χ4n) is 1.28. The molecule has 0 aliphatic heterocycles. The normalized spacial score (nSPS) is 10.8. The van der Waals surface area contributed by atoms with Crippen molar-refractivity contribution in [2.45, 2.75) is 19.6 Å². The first kappa shape index (κ1) is 10.2. The molecule has 0 aliphatic carbocycles. The topological polar surface area (TPSA) is 18.5 Å². The summed E-state index contributed by atoms with van der Waals surface area (Å²) in [5, 5.41) is 0. The van der Waals surface area contributed by atoms with Crippen LogP contribution in [0.15, 0.2) is 24.3 Å². The lowest BCUT2D eigenvalue weighted by Crippen LogP contribution is -2.16. The Kier molecular flexibility index (Phi) is 3.93. The van der Waals surface area contributed by atoms with Gasteiger partial charge in [-0.2, -0.15) is 0 Å². The summed E-state index contributed by atoms with van der Waals surface area (Å²) >= 11 is 0. The summed E-state index contributed by atoms with van der Waals surface area (Å²) in [6.45, 7) is 2.09. The molecule has 13 heavy (non-hydrogen) atoms. The van der Waals surface area contributed by atoms with Crippen molar-refractivity contribution < 1.29 is 9.47 Å². The lowest BCUT2D eigenvalue weighted by molar-refractivity contribution is -0.100. The Morgan fingerprint density at radius 3 is 2.31 bits per heavy atom. The molecular weight excluding hydrogens is 164 g/mol. The van der Waals surface area contributed by atoms with Crippen LogP contribution in [0.2, 0.25) is 0 Å². The van der Waals surface area contributed by atoms with E-state index in [-0.39, 0.29) is 6.29 Å². The SMILES string of the molecule is COC(Cc1ccccc1C)OC. The summed E-state index contributed by atoms with van der Waals surface area (Å²) in [7, 11) is 3.32. The molecule has 1 aromatic carbocycles. The molecule has 0 bridgehead atoms. The predicted octanol–water partition coefficient (Wildman–Crippen LogP) is 2.16. The predicted molar refractivity (Wildman–Crippen MR) is 52.7 cm³/mol. The third kappa shape index (κ3) is 2.83. The maximum atomic E-state index is 5.14. The van der Waals surface area contributed by atoms with Gasteiger partial charge in [-0.1, -0.05) is 24.3 Å². The average molecular weight is 180 g/mol. The van der Waals surface area contributed by atoms with Crippen molar-refractivity contribution in [3.63, 3.8) is 0 Å². The van der Waals surface area contributed by atoms with Gasteiger partial charge in [0.1, 0.15) is 0 Å². The van der Waals surface area contributed by atoms with Gasteiger partial charge in [0.25, 0.3) is 0 Å². The second-order valence-electron chi connectivity index (χ2n) is 3.03. The molecule has 0 N–H and O–H groups in total. The van der Waals surface area contributed by atoms with Crippen LogP contribution < -0.4 is 0 Å². The molecule has 2 heteroatoms. The largest absolute Gasteiger partial charge is 0.356 e. The Labute approximate surface area is 79.5 Å². The molecular formula is C11H16O2. The van der Waals surface area contributed by atoms with Gasteiger partial charge in [0.2, 0.25) is 0 Å². The summed E-state index contributed by atoms with van der Waals surface area (Å²) in [6.07, 6.45) is 0.667. The van der Waals surface area contributed by atoms with E-state index in [0.29, 0.717) is 0 Å². The molecule has 1 rings (SSSR count). The fraction of sp³-hybridized carbons (Fsp3) is 0.455. The van der Waals surface area contributed by atoms with E-state index in [9.17, 15) is 0 Å². The molecule has 1 aromatic rings. The summed E-state index contributed by atoms with van der Waals surface area (Å²) in [5.41, 5.74) is 2.55. The number of rotatable bonds is 4. The molecule has 0 atom stereocenters. The van der Waals surface area contributed by atoms with Gasteiger partial charge in [-0.15, -0.1) is 0 Å². The maximum absolute atomic E-state index is 5.14. The third-order valence-electron chi connectivity index (χ3n) is 2.17. The van der Waals surface area contributed by atoms with Gasteiger partial charge in [0.15, 0.2) is 6.29 Å². The van der Waals surface area contributed by atoms with Crippen molar-refractivity contribution in [1.29, 1.82) is 0 Å². The Morgan fingerprint density at radius 2 is 1.77 bits per heavy atom. The molecule has 0 heterocycles. The van der Waals surface area contributed by atoms with E-state index in [2.05, 4.69) is 19.1 Å². The lowest BCUT2D eigenvalue weighted by atomic mass is 10.1. The van der Waals surface area contributed by atoms with Crippen LogP contribution in [-0.2, 0) is 15.9 Å². The molecule has 0 saturated carbocycles. The van der Waals surface area contributed by atoms with Gasteiger partial charge in [-0.05, 0) is 18.1 Å². The maximum Gasteiger partial charge on any atom is 0.160 e. The minimum Gasteiger partial charge on any atom is -0.356 e. The molecule has 0 aliphatic rings. The highest BCUT2D eigenvalue weighted by Crippen LogP contribution is 2.11. The fourth-order valence-corrected chi connectivity index (χ4v) is 1.28. The van der Waals surface area contributed by atoms with E-state index in [4.69, 9.17) is 9.47 Å². The van der Waals surface area contributed by atoms with Crippen molar-refractivity contribution in [2.24, 2.45) is 0 Å². The van der Waals surface area contributed by atoms with E-state index in [1.54, 1.807) is 14.2 Å². The van der Waals surface area contributed by atoms with Crippen LogP contribution >= 0.6 is 0 Å². The van der Waals surface area contributed by atoms with Crippen molar-refractivity contribution in [3.05, 3.63) is 35.4 Å². The first-order valence-electron chi connectivity index (χ1n) is 4.38. The highest BCUT2D eigenvalue weighted by atomic mass is 16.7. The van der Waals surface area contributed by atoms with E-state index in [0.717, 1.165) is 6.42 Å². The first-order chi connectivity index (χ1) is 6.27. The Balaban J connectivity index is 2.67. The van der Waals surface area contributed by atoms with Crippen LogP contribution in [0.3, 0.4) is 0 Å². The van der Waals surface area contributed by atoms with Gasteiger partial charge < -0.3 is 9.47 Å². The Morgan fingerprint density at radius 1 is 1.15 bits per heavy atom. The van der Waals surface area contributed by atoms with Crippen LogP contribution in [0.1, 0.15) is 11.1 Å². The number of hydrogen-bond acceptors (Lipinski definition) is 2. The monoisotopic (exact) mass is 180 g/mol. The van der Waals surface area contributed by atoms with Crippen molar-refractivity contribution in [2.75, 3.05) is 14.2 Å². The highest BCUT2D eigenvalue weighted by molar-refractivity contribution is 5.25. The second-order valence-corrected chi connectivity index (χ2v) is 3.03. The van der Waals surface area contributed by atoms with Gasteiger partial charge in [0.05, 0.1) is 0 Å². The zero-order valence-electron chi connectivity index (χ0n) is 8.41. The zero-order chi connectivity index (χ0) is 9.68. The van der Waals surface area contributed by atoms with E-state index in [1.807, 2.05) is 12.1 Å². The molecule has 0 spiro atoms. The molecule has 0 unspecified atom stereocenters. The third-order valence-corrected chi connectivity index (χ3v) is 2.17. The second kappa shape index (κ2) is 5.00. The van der Waals surface area contributed by atoms with E-state index >= 15 is 0 Å². The summed E-state index contributed by atoms with van der Waals surface area (Å²) in [4.78, 5) is 0. The molecule has 2 nitrogen and oxygen atoms in total. The van der Waals surface area contributed by atoms with Crippen LogP contribution in [0.25, 0.3) is 0 Å². The number of methoxy groups -OCH3 is 2. The zero-order valence-corrected chi connectivity index (χ0v) is 8.41. The van der Waals surface area contributed by atoms with Gasteiger partial charge in [0, 0.05) is 20.6 Å². The van der Waals surface area contributed by atoms with Gasteiger partial charge in [-0.25, -0.2) is 0 Å². The average Bonchev–Trinajstić information content (AvgIpc) is 2.17. The Hall–Kier alpha value is -0.860. The molecule has 0 fully saturated rings. The molecule has 72 valence electrons. The van der Waals surface area contributed by atoms with Crippen LogP contribution in [-0.4, -0.2) is 20.5 Å². The summed E-state index contributed by atoms with van der Waals surface area (Å²) < 4.78 is 10.3. The minimum atomic E-state index is -0.138. The molecule has 0 amide bonds. The summed E-state index contributed by atoms with van der Waals surface area (Å²) in [6, 6.07) is 8.26. The minimum absolute atomic E-state index is 0.138. The number of aryl methyl sites for hydroxylation is 1. The number of hydrogen-bond donors (Lipinski definition) is 0. The van der Waals surface area contributed by atoms with E-state index < -0.39 is 0 Å². The van der Waals surface area contributed by atoms with Crippen molar-refractivity contribution >= 4 is 0 Å². The number of ether oxygens (including phenoxy) is 2.